The molecule has 0 saturated carbocycles. The van der Waals surface area contributed by atoms with Crippen LogP contribution in [0.4, 0.5) is 5.69 Å². The fourth-order valence-electron chi connectivity index (χ4n) is 2.65. The quantitative estimate of drug-likeness (QED) is 0.858. The Balaban J connectivity index is 2.01. The van der Waals surface area contributed by atoms with E-state index in [0.29, 0.717) is 5.41 Å². The highest BCUT2D eigenvalue weighted by Crippen LogP contribution is 2.27. The summed E-state index contributed by atoms with van der Waals surface area (Å²) in [5.41, 5.74) is 3.17. The molecule has 1 aromatic carbocycles. The second-order valence-electron chi connectivity index (χ2n) is 5.61. The predicted octanol–water partition coefficient (Wildman–Crippen LogP) is 2.68. The first-order chi connectivity index (χ1) is 8.13. The number of benzene rings is 1. The molecule has 0 radical (unpaired) electrons. The predicted molar refractivity (Wildman–Crippen MR) is 74.7 cm³/mol. The average molecular weight is 232 g/mol. The van der Waals surface area contributed by atoms with Crippen LogP contribution in [-0.4, -0.2) is 26.7 Å². The van der Waals surface area contributed by atoms with Gasteiger partial charge in [-0.2, -0.15) is 0 Å². The maximum Gasteiger partial charge on any atom is 0.0363 e. The van der Waals surface area contributed by atoms with Crippen molar-refractivity contribution in [2.75, 3.05) is 31.6 Å². The number of anilines is 1. The third-order valence-corrected chi connectivity index (χ3v) is 3.86. The van der Waals surface area contributed by atoms with Crippen LogP contribution in [0.3, 0.4) is 0 Å². The monoisotopic (exact) mass is 232 g/mol. The molecule has 2 heteroatoms. The Morgan fingerprint density at radius 2 is 2.00 bits per heavy atom. The molecule has 0 amide bonds. The zero-order valence-corrected chi connectivity index (χ0v) is 11.3. The fraction of sp³-hybridized carbons (Fsp3) is 0.600. The smallest absolute Gasteiger partial charge is 0.0363 e. The van der Waals surface area contributed by atoms with Crippen molar-refractivity contribution in [2.45, 2.75) is 26.7 Å². The Kier molecular flexibility index (Phi) is 3.72. The summed E-state index contributed by atoms with van der Waals surface area (Å²) in [6.07, 6.45) is 2.40. The molecule has 17 heavy (non-hydrogen) atoms. The highest BCUT2D eigenvalue weighted by molar-refractivity contribution is 5.47. The van der Waals surface area contributed by atoms with Gasteiger partial charge in [-0.1, -0.05) is 26.0 Å². The lowest BCUT2D eigenvalue weighted by molar-refractivity contribution is 0.371. The van der Waals surface area contributed by atoms with Gasteiger partial charge in [0.1, 0.15) is 0 Å². The van der Waals surface area contributed by atoms with E-state index in [2.05, 4.69) is 55.4 Å². The normalized spacial score (nSPS) is 23.9. The molecule has 1 aliphatic heterocycles. The van der Waals surface area contributed by atoms with Crippen molar-refractivity contribution in [3.63, 3.8) is 0 Å². The summed E-state index contributed by atoms with van der Waals surface area (Å²) in [6.45, 7) is 8.02. The molecule has 1 N–H and O–H groups in total. The van der Waals surface area contributed by atoms with E-state index in [1.807, 2.05) is 0 Å². The van der Waals surface area contributed by atoms with E-state index in [1.54, 1.807) is 0 Å². The second kappa shape index (κ2) is 5.09. The fourth-order valence-corrected chi connectivity index (χ4v) is 2.65. The molecule has 1 aromatic rings. The summed E-state index contributed by atoms with van der Waals surface area (Å²) < 4.78 is 0. The molecule has 1 aliphatic rings. The van der Waals surface area contributed by atoms with Crippen molar-refractivity contribution in [2.24, 2.45) is 5.41 Å². The van der Waals surface area contributed by atoms with Gasteiger partial charge in [-0.25, -0.2) is 0 Å². The van der Waals surface area contributed by atoms with Gasteiger partial charge in [0.2, 0.25) is 0 Å². The van der Waals surface area contributed by atoms with Gasteiger partial charge in [-0.3, -0.25) is 0 Å². The number of nitrogens with one attached hydrogen (secondary N) is 1. The summed E-state index contributed by atoms with van der Waals surface area (Å²) in [5, 5.41) is 3.46. The molecule has 0 aliphatic carbocycles. The van der Waals surface area contributed by atoms with Crippen LogP contribution in [0.2, 0.25) is 0 Å². The summed E-state index contributed by atoms with van der Waals surface area (Å²) in [6, 6.07) is 8.96. The molecular formula is C15H24N2. The van der Waals surface area contributed by atoms with Crippen LogP contribution >= 0.6 is 0 Å². The molecule has 2 rings (SSSR count). The standard InChI is InChI=1S/C15H24N2/c1-4-13-5-7-14(8-6-13)17(3)12-15(2)9-10-16-11-15/h5-8,16H,4,9-12H2,1-3H3. The van der Waals surface area contributed by atoms with Crippen LogP contribution in [0.1, 0.15) is 25.8 Å². The van der Waals surface area contributed by atoms with Crippen molar-refractivity contribution in [3.8, 4) is 0 Å². The van der Waals surface area contributed by atoms with E-state index >= 15 is 0 Å². The van der Waals surface area contributed by atoms with E-state index in [9.17, 15) is 0 Å². The van der Waals surface area contributed by atoms with Gasteiger partial charge < -0.3 is 10.2 Å². The van der Waals surface area contributed by atoms with Crippen molar-refractivity contribution >= 4 is 5.69 Å². The van der Waals surface area contributed by atoms with E-state index in [4.69, 9.17) is 0 Å². The molecule has 2 nitrogen and oxygen atoms in total. The third kappa shape index (κ3) is 3.01. The van der Waals surface area contributed by atoms with Crippen LogP contribution < -0.4 is 10.2 Å². The molecule has 94 valence electrons. The van der Waals surface area contributed by atoms with Crippen LogP contribution in [-0.2, 0) is 6.42 Å². The number of hydrogen-bond donors (Lipinski definition) is 1. The molecule has 0 bridgehead atoms. The lowest BCUT2D eigenvalue weighted by Gasteiger charge is -2.30. The summed E-state index contributed by atoms with van der Waals surface area (Å²) in [4.78, 5) is 2.38. The minimum atomic E-state index is 0.429. The molecule has 0 aromatic heterocycles. The van der Waals surface area contributed by atoms with Gasteiger partial charge >= 0.3 is 0 Å². The minimum Gasteiger partial charge on any atom is -0.374 e. The average Bonchev–Trinajstić information content (AvgIpc) is 2.76. The van der Waals surface area contributed by atoms with Gasteiger partial charge in [0.15, 0.2) is 0 Å². The van der Waals surface area contributed by atoms with Gasteiger partial charge in [0.25, 0.3) is 0 Å². The first kappa shape index (κ1) is 12.4. The Bertz CT molecular complexity index is 350. The summed E-state index contributed by atoms with van der Waals surface area (Å²) >= 11 is 0. The Labute approximate surface area is 105 Å². The first-order valence-corrected chi connectivity index (χ1v) is 6.64. The van der Waals surface area contributed by atoms with Gasteiger partial charge in [-0.05, 0) is 42.5 Å². The highest BCUT2D eigenvalue weighted by atomic mass is 15.1. The van der Waals surface area contributed by atoms with Crippen LogP contribution in [0.5, 0.6) is 0 Å². The lowest BCUT2D eigenvalue weighted by Crippen LogP contribution is -2.35. The summed E-state index contributed by atoms with van der Waals surface area (Å²) in [5.74, 6) is 0. The van der Waals surface area contributed by atoms with Crippen molar-refractivity contribution < 1.29 is 0 Å². The Morgan fingerprint density at radius 1 is 1.29 bits per heavy atom. The topological polar surface area (TPSA) is 15.3 Å². The maximum atomic E-state index is 3.46. The number of rotatable bonds is 4. The van der Waals surface area contributed by atoms with Crippen LogP contribution in [0.25, 0.3) is 0 Å². The number of nitrogens with zero attached hydrogens (tertiary/aromatic N) is 1. The third-order valence-electron chi connectivity index (χ3n) is 3.86. The number of aryl methyl sites for hydroxylation is 1. The second-order valence-corrected chi connectivity index (χ2v) is 5.61. The molecule has 0 spiro atoms. The highest BCUT2D eigenvalue weighted by Gasteiger charge is 2.29. The molecule has 1 saturated heterocycles. The van der Waals surface area contributed by atoms with E-state index in [1.165, 1.54) is 24.2 Å². The molecule has 1 heterocycles. The summed E-state index contributed by atoms with van der Waals surface area (Å²) in [7, 11) is 2.20. The molecular weight excluding hydrogens is 208 g/mol. The van der Waals surface area contributed by atoms with Gasteiger partial charge in [-0.15, -0.1) is 0 Å². The van der Waals surface area contributed by atoms with Crippen molar-refractivity contribution in [1.29, 1.82) is 0 Å². The van der Waals surface area contributed by atoms with E-state index in [0.717, 1.165) is 19.5 Å². The molecule has 1 fully saturated rings. The Morgan fingerprint density at radius 3 is 2.53 bits per heavy atom. The van der Waals surface area contributed by atoms with Crippen LogP contribution in [0, 0.1) is 5.41 Å². The lowest BCUT2D eigenvalue weighted by atomic mass is 9.89. The zero-order valence-electron chi connectivity index (χ0n) is 11.3. The van der Waals surface area contributed by atoms with E-state index in [-0.39, 0.29) is 0 Å². The Hall–Kier alpha value is -1.02. The SMILES string of the molecule is CCc1ccc(N(C)CC2(C)CCNC2)cc1. The zero-order chi connectivity index (χ0) is 12.3. The van der Waals surface area contributed by atoms with Crippen LogP contribution in [0.15, 0.2) is 24.3 Å². The largest absolute Gasteiger partial charge is 0.374 e. The van der Waals surface area contributed by atoms with E-state index < -0.39 is 0 Å². The minimum absolute atomic E-state index is 0.429. The van der Waals surface area contributed by atoms with Crippen molar-refractivity contribution in [3.05, 3.63) is 29.8 Å². The van der Waals surface area contributed by atoms with Crippen molar-refractivity contribution in [1.82, 2.24) is 5.32 Å². The number of hydrogen-bond acceptors (Lipinski definition) is 2. The first-order valence-electron chi connectivity index (χ1n) is 6.64. The maximum absolute atomic E-state index is 3.46. The molecule has 1 atom stereocenters. The van der Waals surface area contributed by atoms with Gasteiger partial charge in [0, 0.05) is 25.8 Å². The van der Waals surface area contributed by atoms with Gasteiger partial charge in [0.05, 0.1) is 0 Å². The molecule has 1 unspecified atom stereocenters.